The Morgan fingerprint density at radius 3 is 2.10 bits per heavy atom. The van der Waals surface area contributed by atoms with Crippen molar-refractivity contribution in [2.24, 2.45) is 0 Å². The number of para-hydroxylation sites is 3. The number of methoxy groups -OCH3 is 1. The van der Waals surface area contributed by atoms with E-state index in [-0.39, 0.29) is 10.8 Å². The molecule has 0 bridgehead atoms. The Labute approximate surface area is 182 Å². The molecule has 31 heavy (non-hydrogen) atoms. The SMILES string of the molecule is CC[C@@H](Oc1ccccc1OC)C(=O)Nc1ccc(S(=O)(=O)Nc2ccccc2)cc1. The van der Waals surface area contributed by atoms with Crippen LogP contribution in [0.1, 0.15) is 13.3 Å². The molecule has 0 fully saturated rings. The molecule has 0 spiro atoms. The van der Waals surface area contributed by atoms with Gasteiger partial charge in [-0.15, -0.1) is 0 Å². The van der Waals surface area contributed by atoms with Crippen LogP contribution in [0.15, 0.2) is 83.8 Å². The summed E-state index contributed by atoms with van der Waals surface area (Å²) in [6, 6.07) is 21.7. The van der Waals surface area contributed by atoms with E-state index in [9.17, 15) is 13.2 Å². The van der Waals surface area contributed by atoms with E-state index in [2.05, 4.69) is 10.0 Å². The second-order valence-electron chi connectivity index (χ2n) is 6.65. The summed E-state index contributed by atoms with van der Waals surface area (Å²) >= 11 is 0. The van der Waals surface area contributed by atoms with E-state index in [1.165, 1.54) is 31.4 Å². The van der Waals surface area contributed by atoms with E-state index >= 15 is 0 Å². The Morgan fingerprint density at radius 2 is 1.48 bits per heavy atom. The van der Waals surface area contributed by atoms with Crippen LogP contribution in [0.4, 0.5) is 11.4 Å². The predicted molar refractivity (Wildman–Crippen MR) is 120 cm³/mol. The molecule has 0 saturated heterocycles. The lowest BCUT2D eigenvalue weighted by Crippen LogP contribution is -2.32. The van der Waals surface area contributed by atoms with Gasteiger partial charge in [0.15, 0.2) is 17.6 Å². The number of benzene rings is 3. The van der Waals surface area contributed by atoms with Gasteiger partial charge in [0.05, 0.1) is 12.0 Å². The van der Waals surface area contributed by atoms with Crippen molar-refractivity contribution < 1.29 is 22.7 Å². The van der Waals surface area contributed by atoms with Gasteiger partial charge in [-0.1, -0.05) is 37.3 Å². The number of hydrogen-bond donors (Lipinski definition) is 2. The number of nitrogens with one attached hydrogen (secondary N) is 2. The number of carbonyl (C=O) groups is 1. The van der Waals surface area contributed by atoms with Crippen molar-refractivity contribution in [3.05, 3.63) is 78.9 Å². The molecule has 0 saturated carbocycles. The van der Waals surface area contributed by atoms with Gasteiger partial charge in [0, 0.05) is 11.4 Å². The molecule has 0 aliphatic rings. The van der Waals surface area contributed by atoms with Crippen LogP contribution in [0.5, 0.6) is 11.5 Å². The van der Waals surface area contributed by atoms with Gasteiger partial charge in [0.25, 0.3) is 15.9 Å². The first-order valence-corrected chi connectivity index (χ1v) is 11.2. The normalized spacial score (nSPS) is 11.9. The minimum absolute atomic E-state index is 0.0895. The first kappa shape index (κ1) is 22.2. The van der Waals surface area contributed by atoms with Crippen LogP contribution in [-0.2, 0) is 14.8 Å². The maximum atomic E-state index is 12.7. The van der Waals surface area contributed by atoms with Gasteiger partial charge < -0.3 is 14.8 Å². The van der Waals surface area contributed by atoms with Crippen LogP contribution in [-0.4, -0.2) is 27.5 Å². The third-order valence-electron chi connectivity index (χ3n) is 4.46. The zero-order chi connectivity index (χ0) is 22.3. The van der Waals surface area contributed by atoms with E-state index in [1.807, 2.05) is 13.0 Å². The lowest BCUT2D eigenvalue weighted by molar-refractivity contribution is -0.122. The number of amides is 1. The molecule has 0 aliphatic carbocycles. The van der Waals surface area contributed by atoms with Crippen LogP contribution in [0.25, 0.3) is 0 Å². The predicted octanol–water partition coefficient (Wildman–Crippen LogP) is 4.29. The Bertz CT molecular complexity index is 1120. The molecule has 0 radical (unpaired) electrons. The van der Waals surface area contributed by atoms with Gasteiger partial charge in [-0.3, -0.25) is 9.52 Å². The summed E-state index contributed by atoms with van der Waals surface area (Å²) in [6.07, 6.45) is -0.295. The first-order chi connectivity index (χ1) is 14.9. The van der Waals surface area contributed by atoms with Gasteiger partial charge in [0.2, 0.25) is 0 Å². The molecule has 162 valence electrons. The lowest BCUT2D eigenvalue weighted by atomic mass is 10.2. The van der Waals surface area contributed by atoms with E-state index in [4.69, 9.17) is 9.47 Å². The summed E-state index contributed by atoms with van der Waals surface area (Å²) in [5, 5.41) is 2.76. The molecule has 3 rings (SSSR count). The standard InChI is InChI=1S/C23H24N2O5S/c1-3-20(30-22-12-8-7-11-21(22)29-2)23(26)24-17-13-15-19(16-14-17)31(27,28)25-18-9-5-4-6-10-18/h4-16,20,25H,3H2,1-2H3,(H,24,26)/t20-/m1/s1. The van der Waals surface area contributed by atoms with Gasteiger partial charge >= 0.3 is 0 Å². The number of sulfonamides is 1. The van der Waals surface area contributed by atoms with E-state index in [1.54, 1.807) is 48.5 Å². The fourth-order valence-corrected chi connectivity index (χ4v) is 3.91. The van der Waals surface area contributed by atoms with Crippen molar-refractivity contribution in [3.8, 4) is 11.5 Å². The third-order valence-corrected chi connectivity index (χ3v) is 5.86. The van der Waals surface area contributed by atoms with Crippen LogP contribution < -0.4 is 19.5 Å². The number of ether oxygens (including phenoxy) is 2. The second kappa shape index (κ2) is 9.99. The van der Waals surface area contributed by atoms with Crippen molar-refractivity contribution in [1.29, 1.82) is 0 Å². The maximum Gasteiger partial charge on any atom is 0.265 e. The van der Waals surface area contributed by atoms with Gasteiger partial charge in [-0.2, -0.15) is 0 Å². The second-order valence-corrected chi connectivity index (χ2v) is 8.33. The molecule has 8 heteroatoms. The highest BCUT2D eigenvalue weighted by Crippen LogP contribution is 2.27. The number of carbonyl (C=O) groups excluding carboxylic acids is 1. The van der Waals surface area contributed by atoms with Crippen LogP contribution in [0.3, 0.4) is 0 Å². The largest absolute Gasteiger partial charge is 0.493 e. The molecular formula is C23H24N2O5S. The lowest BCUT2D eigenvalue weighted by Gasteiger charge is -2.19. The van der Waals surface area contributed by atoms with Crippen LogP contribution in [0.2, 0.25) is 0 Å². The molecule has 3 aromatic carbocycles. The van der Waals surface area contributed by atoms with Gasteiger partial charge in [0.1, 0.15) is 0 Å². The maximum absolute atomic E-state index is 12.7. The average molecular weight is 441 g/mol. The molecule has 1 amide bonds. The molecule has 2 N–H and O–H groups in total. The van der Waals surface area contributed by atoms with Crippen molar-refractivity contribution in [3.63, 3.8) is 0 Å². The van der Waals surface area contributed by atoms with Crippen molar-refractivity contribution in [1.82, 2.24) is 0 Å². The van der Waals surface area contributed by atoms with Crippen molar-refractivity contribution >= 4 is 27.3 Å². The van der Waals surface area contributed by atoms with Gasteiger partial charge in [-0.25, -0.2) is 8.42 Å². The Kier molecular flexibility index (Phi) is 7.15. The summed E-state index contributed by atoms with van der Waals surface area (Å²) in [7, 11) is -2.20. The topological polar surface area (TPSA) is 93.7 Å². The zero-order valence-corrected chi connectivity index (χ0v) is 18.1. The quantitative estimate of drug-likeness (QED) is 0.518. The Hall–Kier alpha value is -3.52. The number of hydrogen-bond acceptors (Lipinski definition) is 5. The van der Waals surface area contributed by atoms with Gasteiger partial charge in [-0.05, 0) is 55.0 Å². The fraction of sp³-hybridized carbons (Fsp3) is 0.174. The number of anilines is 2. The molecule has 3 aromatic rings. The van der Waals surface area contributed by atoms with E-state index in [0.717, 1.165) is 0 Å². The molecule has 7 nitrogen and oxygen atoms in total. The highest BCUT2D eigenvalue weighted by molar-refractivity contribution is 7.92. The Balaban J connectivity index is 1.67. The van der Waals surface area contributed by atoms with Crippen LogP contribution in [0, 0.1) is 0 Å². The highest BCUT2D eigenvalue weighted by atomic mass is 32.2. The summed E-state index contributed by atoms with van der Waals surface area (Å²) < 4.78 is 38.6. The smallest absolute Gasteiger partial charge is 0.265 e. The summed E-state index contributed by atoms with van der Waals surface area (Å²) in [4.78, 5) is 12.8. The Morgan fingerprint density at radius 1 is 0.871 bits per heavy atom. The molecule has 0 aliphatic heterocycles. The van der Waals surface area contributed by atoms with Crippen LogP contribution >= 0.6 is 0 Å². The summed E-state index contributed by atoms with van der Waals surface area (Å²) in [5.41, 5.74) is 0.935. The minimum atomic E-state index is -3.73. The number of rotatable bonds is 9. The molecule has 0 aromatic heterocycles. The van der Waals surface area contributed by atoms with Crippen molar-refractivity contribution in [2.45, 2.75) is 24.3 Å². The zero-order valence-electron chi connectivity index (χ0n) is 17.2. The third kappa shape index (κ3) is 5.76. The molecule has 0 heterocycles. The first-order valence-electron chi connectivity index (χ1n) is 9.71. The highest BCUT2D eigenvalue weighted by Gasteiger charge is 2.21. The molecular weight excluding hydrogens is 416 g/mol. The fourth-order valence-electron chi connectivity index (χ4n) is 2.85. The molecule has 1 atom stereocenters. The summed E-state index contributed by atoms with van der Waals surface area (Å²) in [5.74, 6) is 0.668. The van der Waals surface area contributed by atoms with E-state index < -0.39 is 16.1 Å². The summed E-state index contributed by atoms with van der Waals surface area (Å²) in [6.45, 7) is 1.84. The molecule has 0 unspecified atom stereocenters. The monoisotopic (exact) mass is 440 g/mol. The minimum Gasteiger partial charge on any atom is -0.493 e. The van der Waals surface area contributed by atoms with Crippen molar-refractivity contribution in [2.75, 3.05) is 17.1 Å². The average Bonchev–Trinajstić information content (AvgIpc) is 2.78. The van der Waals surface area contributed by atoms with E-state index in [0.29, 0.717) is 29.3 Å².